The lowest BCUT2D eigenvalue weighted by molar-refractivity contribution is 0.359. The maximum Gasteiger partial charge on any atom is 0.102 e. The van der Waals surface area contributed by atoms with E-state index in [9.17, 15) is 0 Å². The minimum Gasteiger partial charge on any atom is -0.356 e. The summed E-state index contributed by atoms with van der Waals surface area (Å²) < 4.78 is 0. The van der Waals surface area contributed by atoms with Crippen molar-refractivity contribution in [1.29, 1.82) is 5.41 Å². The molecule has 0 aliphatic heterocycles. The van der Waals surface area contributed by atoms with Gasteiger partial charge in [-0.15, -0.1) is 0 Å². The highest BCUT2D eigenvalue weighted by molar-refractivity contribution is 5.84. The highest BCUT2D eigenvalue weighted by Gasteiger charge is 2.22. The van der Waals surface area contributed by atoms with Crippen molar-refractivity contribution in [3.8, 4) is 0 Å². The molecule has 0 saturated carbocycles. The van der Waals surface area contributed by atoms with Crippen LogP contribution in [0, 0.1) is 10.8 Å². The van der Waals surface area contributed by atoms with E-state index in [0.717, 1.165) is 25.3 Å². The van der Waals surface area contributed by atoms with Gasteiger partial charge < -0.3 is 4.90 Å². The lowest BCUT2D eigenvalue weighted by atomic mass is 9.93. The Bertz CT molecular complexity index is 349. The summed E-state index contributed by atoms with van der Waals surface area (Å²) in [6, 6.07) is 10.4. The quantitative estimate of drug-likeness (QED) is 0.618. The molecule has 0 bridgehead atoms. The molecular formula is C15H24N2. The van der Waals surface area contributed by atoms with Crippen LogP contribution in [-0.2, 0) is 6.54 Å². The van der Waals surface area contributed by atoms with Crippen LogP contribution in [-0.4, -0.2) is 17.3 Å². The smallest absolute Gasteiger partial charge is 0.102 e. The first kappa shape index (κ1) is 13.8. The lowest BCUT2D eigenvalue weighted by Gasteiger charge is -2.32. The third-order valence-corrected chi connectivity index (χ3v) is 2.74. The Hall–Kier alpha value is -1.31. The highest BCUT2D eigenvalue weighted by atomic mass is 15.2. The van der Waals surface area contributed by atoms with Gasteiger partial charge in [-0.25, -0.2) is 0 Å². The fourth-order valence-electron chi connectivity index (χ4n) is 1.82. The maximum absolute atomic E-state index is 8.28. The van der Waals surface area contributed by atoms with Crippen molar-refractivity contribution in [2.24, 2.45) is 5.41 Å². The zero-order valence-electron chi connectivity index (χ0n) is 11.5. The topological polar surface area (TPSA) is 27.1 Å². The summed E-state index contributed by atoms with van der Waals surface area (Å²) in [5, 5.41) is 8.28. The van der Waals surface area contributed by atoms with Crippen LogP contribution < -0.4 is 0 Å². The van der Waals surface area contributed by atoms with Gasteiger partial charge in [-0.2, -0.15) is 0 Å². The van der Waals surface area contributed by atoms with Crippen molar-refractivity contribution in [3.63, 3.8) is 0 Å². The van der Waals surface area contributed by atoms with Gasteiger partial charge in [0.25, 0.3) is 0 Å². The summed E-state index contributed by atoms with van der Waals surface area (Å²) in [4.78, 5) is 2.18. The molecule has 0 aromatic heterocycles. The third-order valence-electron chi connectivity index (χ3n) is 2.74. The summed E-state index contributed by atoms with van der Waals surface area (Å²) in [5.74, 6) is 0.725. The Kier molecular flexibility index (Phi) is 4.73. The van der Waals surface area contributed by atoms with E-state index in [1.54, 1.807) is 0 Å². The van der Waals surface area contributed by atoms with Crippen molar-refractivity contribution in [1.82, 2.24) is 4.90 Å². The molecule has 0 spiro atoms. The number of nitrogens with zero attached hydrogens (tertiary/aromatic N) is 1. The Morgan fingerprint density at radius 1 is 1.18 bits per heavy atom. The van der Waals surface area contributed by atoms with Crippen molar-refractivity contribution in [2.45, 2.75) is 40.7 Å². The Morgan fingerprint density at radius 3 is 2.24 bits per heavy atom. The van der Waals surface area contributed by atoms with Crippen LogP contribution in [0.5, 0.6) is 0 Å². The molecule has 0 aliphatic carbocycles. The maximum atomic E-state index is 8.28. The molecule has 17 heavy (non-hydrogen) atoms. The van der Waals surface area contributed by atoms with E-state index >= 15 is 0 Å². The van der Waals surface area contributed by atoms with Crippen LogP contribution in [0.25, 0.3) is 0 Å². The number of rotatable bonds is 4. The summed E-state index contributed by atoms with van der Waals surface area (Å²) in [6.45, 7) is 10.2. The molecule has 0 radical (unpaired) electrons. The molecule has 2 heteroatoms. The zero-order valence-corrected chi connectivity index (χ0v) is 11.5. The van der Waals surface area contributed by atoms with Gasteiger partial charge in [0.15, 0.2) is 0 Å². The molecule has 2 nitrogen and oxygen atoms in total. The molecule has 94 valence electrons. The summed E-state index contributed by atoms with van der Waals surface area (Å²) >= 11 is 0. The lowest BCUT2D eigenvalue weighted by Crippen LogP contribution is -2.38. The second-order valence-electron chi connectivity index (χ2n) is 5.51. The van der Waals surface area contributed by atoms with Gasteiger partial charge in [-0.3, -0.25) is 5.41 Å². The monoisotopic (exact) mass is 232 g/mol. The van der Waals surface area contributed by atoms with Crippen LogP contribution in [0.1, 0.15) is 39.7 Å². The number of amidine groups is 1. The highest BCUT2D eigenvalue weighted by Crippen LogP contribution is 2.19. The van der Waals surface area contributed by atoms with Gasteiger partial charge in [0.05, 0.1) is 0 Å². The van der Waals surface area contributed by atoms with Crippen molar-refractivity contribution >= 4 is 5.84 Å². The molecule has 0 amide bonds. The molecule has 0 aliphatic rings. The number of benzene rings is 1. The van der Waals surface area contributed by atoms with Gasteiger partial charge in [0.1, 0.15) is 5.84 Å². The van der Waals surface area contributed by atoms with Gasteiger partial charge in [0, 0.05) is 18.5 Å². The summed E-state index contributed by atoms with van der Waals surface area (Å²) in [6.07, 6.45) is 1.07. The average molecular weight is 232 g/mol. The van der Waals surface area contributed by atoms with Crippen LogP contribution in [0.4, 0.5) is 0 Å². The Balaban J connectivity index is 2.77. The standard InChI is InChI=1S/C15H24N2/c1-5-11-17(14(16)15(2,3)4)12-13-9-7-6-8-10-13/h6-10,16H,5,11-12H2,1-4H3. The van der Waals surface area contributed by atoms with Crippen LogP contribution in [0.3, 0.4) is 0 Å². The minimum atomic E-state index is -0.0794. The summed E-state index contributed by atoms with van der Waals surface area (Å²) in [5.41, 5.74) is 1.19. The normalized spacial score (nSPS) is 11.3. The van der Waals surface area contributed by atoms with E-state index < -0.39 is 0 Å². The number of hydrogen-bond acceptors (Lipinski definition) is 1. The molecule has 1 N–H and O–H groups in total. The molecule has 0 saturated heterocycles. The van der Waals surface area contributed by atoms with Gasteiger partial charge in [0.2, 0.25) is 0 Å². The average Bonchev–Trinajstić information content (AvgIpc) is 2.28. The van der Waals surface area contributed by atoms with Gasteiger partial charge >= 0.3 is 0 Å². The Morgan fingerprint density at radius 2 is 1.76 bits per heavy atom. The SMILES string of the molecule is CCCN(Cc1ccccc1)C(=N)C(C)(C)C. The van der Waals surface area contributed by atoms with E-state index in [2.05, 4.69) is 56.9 Å². The fraction of sp³-hybridized carbons (Fsp3) is 0.533. The van der Waals surface area contributed by atoms with Crippen LogP contribution in [0.15, 0.2) is 30.3 Å². The number of hydrogen-bond donors (Lipinski definition) is 1. The second-order valence-corrected chi connectivity index (χ2v) is 5.51. The predicted octanol–water partition coefficient (Wildman–Crippen LogP) is 3.92. The second kappa shape index (κ2) is 5.85. The van der Waals surface area contributed by atoms with Crippen molar-refractivity contribution < 1.29 is 0 Å². The summed E-state index contributed by atoms with van der Waals surface area (Å²) in [7, 11) is 0. The molecule has 1 aromatic carbocycles. The van der Waals surface area contributed by atoms with E-state index in [1.165, 1.54) is 5.56 Å². The minimum absolute atomic E-state index is 0.0794. The zero-order chi connectivity index (χ0) is 12.9. The molecule has 0 fully saturated rings. The first-order valence-electron chi connectivity index (χ1n) is 6.33. The largest absolute Gasteiger partial charge is 0.356 e. The van der Waals surface area contributed by atoms with E-state index in [0.29, 0.717) is 0 Å². The predicted molar refractivity (Wildman–Crippen MR) is 74.3 cm³/mol. The van der Waals surface area contributed by atoms with E-state index in [4.69, 9.17) is 5.41 Å². The molecule has 1 rings (SSSR count). The van der Waals surface area contributed by atoms with Gasteiger partial charge in [-0.1, -0.05) is 58.0 Å². The molecule has 1 aromatic rings. The van der Waals surface area contributed by atoms with Crippen molar-refractivity contribution in [3.05, 3.63) is 35.9 Å². The van der Waals surface area contributed by atoms with Crippen molar-refractivity contribution in [2.75, 3.05) is 6.54 Å². The Labute approximate surface area is 105 Å². The van der Waals surface area contributed by atoms with E-state index in [-0.39, 0.29) is 5.41 Å². The first-order chi connectivity index (χ1) is 7.95. The van der Waals surface area contributed by atoms with Crippen LogP contribution in [0.2, 0.25) is 0 Å². The third kappa shape index (κ3) is 4.22. The molecule has 0 atom stereocenters. The molecular weight excluding hydrogens is 208 g/mol. The first-order valence-corrected chi connectivity index (χ1v) is 6.33. The molecule has 0 heterocycles. The fourth-order valence-corrected chi connectivity index (χ4v) is 1.82. The number of nitrogens with one attached hydrogen (secondary N) is 1. The van der Waals surface area contributed by atoms with Crippen LogP contribution >= 0.6 is 0 Å². The molecule has 0 unspecified atom stereocenters. The van der Waals surface area contributed by atoms with E-state index in [1.807, 2.05) is 6.07 Å². The van der Waals surface area contributed by atoms with Gasteiger partial charge in [-0.05, 0) is 12.0 Å².